The van der Waals surface area contributed by atoms with Crippen molar-refractivity contribution < 1.29 is 78.0 Å². The Morgan fingerprint density at radius 1 is 0.770 bits per heavy atom. The molecule has 31 heteroatoms. The fourth-order valence-corrected chi connectivity index (χ4v) is 10.9. The van der Waals surface area contributed by atoms with Gasteiger partial charge in [-0.2, -0.15) is 0 Å². The molecule has 87 heavy (non-hydrogen) atoms. The van der Waals surface area contributed by atoms with Crippen LogP contribution in [-0.4, -0.2) is 224 Å². The quantitative estimate of drug-likeness (QED) is 0.0276. The van der Waals surface area contributed by atoms with E-state index in [1.54, 1.807) is 27.7 Å². The van der Waals surface area contributed by atoms with E-state index in [0.717, 1.165) is 90.8 Å². The first-order valence-electron chi connectivity index (χ1n) is 30.6. The molecule has 3 fully saturated rings. The predicted molar refractivity (Wildman–Crippen MR) is 313 cm³/mol. The van der Waals surface area contributed by atoms with Crippen molar-refractivity contribution in [1.82, 2.24) is 56.6 Å². The minimum atomic E-state index is -1.97. The molecule has 0 aromatic carbocycles. The summed E-state index contributed by atoms with van der Waals surface area (Å²) in [4.78, 5) is 130. The van der Waals surface area contributed by atoms with Crippen molar-refractivity contribution in [2.45, 2.75) is 223 Å². The Labute approximate surface area is 506 Å². The maximum atomic E-state index is 15.1. The molecule has 4 aliphatic rings. The lowest BCUT2D eigenvalue weighted by Crippen LogP contribution is -2.66. The number of H-pyrrole nitrogens is 1. The zero-order valence-electron chi connectivity index (χ0n) is 51.0. The highest BCUT2D eigenvalue weighted by Crippen LogP contribution is 2.38. The number of imide groups is 1. The Morgan fingerprint density at radius 3 is 2.05 bits per heavy atom. The van der Waals surface area contributed by atoms with Crippen molar-refractivity contribution in [1.29, 1.82) is 0 Å². The van der Waals surface area contributed by atoms with E-state index in [1.807, 2.05) is 0 Å². The summed E-state index contributed by atoms with van der Waals surface area (Å²) in [5.74, 6) is -5.23. The summed E-state index contributed by atoms with van der Waals surface area (Å²) in [7, 11) is 1.25. The molecule has 4 aliphatic heterocycles. The number of aromatic nitrogens is 2. The highest BCUT2D eigenvalue weighted by atomic mass is 16.7. The molecule has 5 heterocycles. The minimum Gasteiger partial charge on any atom is -0.480 e. The average Bonchev–Trinajstić information content (AvgIpc) is 1.64. The molecule has 15 N–H and O–H groups in total. The number of carboxylic acids is 1. The fraction of sp³-hybridized carbons (Fsp3) is 0.786. The number of rotatable bonds is 36. The Hall–Kier alpha value is -6.48. The molecule has 15 atom stereocenters. The van der Waals surface area contributed by atoms with E-state index in [0.29, 0.717) is 19.4 Å². The summed E-state index contributed by atoms with van der Waals surface area (Å²) in [6.45, 7) is 10.2. The number of amides is 9. The van der Waals surface area contributed by atoms with Gasteiger partial charge in [0.25, 0.3) is 11.5 Å². The van der Waals surface area contributed by atoms with E-state index in [9.17, 15) is 63.9 Å². The van der Waals surface area contributed by atoms with E-state index >= 15 is 4.79 Å². The van der Waals surface area contributed by atoms with Crippen molar-refractivity contribution >= 4 is 47.7 Å². The van der Waals surface area contributed by atoms with Crippen molar-refractivity contribution in [3.63, 3.8) is 0 Å². The number of aliphatic hydroxyl groups excluding tert-OH is 4. The summed E-state index contributed by atoms with van der Waals surface area (Å²) in [6, 6.07) is -8.50. The molecule has 0 radical (unpaired) electrons. The third-order valence-corrected chi connectivity index (χ3v) is 16.0. The number of ether oxygens (including phenoxy) is 4. The van der Waals surface area contributed by atoms with E-state index < -0.39 is 156 Å². The van der Waals surface area contributed by atoms with Crippen molar-refractivity contribution in [3.05, 3.63) is 33.1 Å². The average molecular weight is 1240 g/mol. The summed E-state index contributed by atoms with van der Waals surface area (Å²) in [6.07, 6.45) is -4.43. The smallest absolute Gasteiger partial charge is 0.330 e. The number of guanidine groups is 1. The van der Waals surface area contributed by atoms with Crippen molar-refractivity contribution in [2.75, 3.05) is 46.4 Å². The second kappa shape index (κ2) is 34.9. The van der Waals surface area contributed by atoms with Gasteiger partial charge in [-0.3, -0.25) is 38.6 Å². The van der Waals surface area contributed by atoms with Crippen LogP contribution in [0.25, 0.3) is 0 Å². The third-order valence-electron chi connectivity index (χ3n) is 16.0. The molecule has 1 aromatic rings. The molecular weight excluding hydrogens is 1140 g/mol. The van der Waals surface area contributed by atoms with E-state index in [1.165, 1.54) is 7.11 Å². The number of carbonyl (C=O) groups excluding carboxylic acids is 6. The molecule has 0 bridgehead atoms. The molecule has 9 amide bonds. The Balaban J connectivity index is 1.43. The van der Waals surface area contributed by atoms with Crippen molar-refractivity contribution in [2.24, 2.45) is 22.6 Å². The van der Waals surface area contributed by atoms with Gasteiger partial charge in [-0.25, -0.2) is 24.0 Å². The van der Waals surface area contributed by atoms with Gasteiger partial charge in [0.05, 0.1) is 12.1 Å². The molecule has 5 rings (SSSR count). The molecule has 2 unspecified atom stereocenters. The van der Waals surface area contributed by atoms with Gasteiger partial charge in [-0.1, -0.05) is 106 Å². The lowest BCUT2D eigenvalue weighted by molar-refractivity contribution is -0.233. The summed E-state index contributed by atoms with van der Waals surface area (Å²) in [5.41, 5.74) is 4.14. The largest absolute Gasteiger partial charge is 0.480 e. The number of aromatic amines is 1. The highest BCUT2D eigenvalue weighted by molar-refractivity contribution is 6.04. The Kier molecular flexibility index (Phi) is 28.6. The SMILES string of the molecule is CCCCCCCCNC(=O)NC[C@H]1O[C@@H](OC(C2C(=O)N(CCCCCCCC)C(=O)N2CCCNC(=O)[C@@H](NC(=O)[C@@H](NC(=O)N[C@H](C(=O)O)C(C)C)[C@@H]2CCN=C(N)N2)[C@@H](O)C(C)C)[C@H]2O[C@@H](n3ccc(=O)[nH]c3=O)[C@H](O)[C@@H]2O)[C@H](OC)[C@@H]1O. The van der Waals surface area contributed by atoms with E-state index in [2.05, 4.69) is 61.0 Å². The second-order valence-electron chi connectivity index (χ2n) is 23.2. The van der Waals surface area contributed by atoms with Crippen LogP contribution in [0.15, 0.2) is 26.8 Å². The first-order valence-corrected chi connectivity index (χ1v) is 30.6. The number of nitrogens with zero attached hydrogens (tertiary/aromatic N) is 4. The molecule has 0 aliphatic carbocycles. The molecule has 1 aromatic heterocycles. The summed E-state index contributed by atoms with van der Waals surface area (Å²) >= 11 is 0. The standard InChI is InChI=1S/C56H95N13O18/c1-8-10-12-14-16-18-23-60-53(80)61-29-33-40(72)45(84-7)51(85-33)87-43(44-41(73)42(74)49(86-44)69-28-22-34(70)63-55(69)82)38-48(77)68(26-19-17-15-13-11-9-2)56(83)67(38)27-20-24-58-46(75)37(39(71)31(5)6)64-47(76)36(32-21-25-59-52(57)62-32)66-54(81)65-35(30(3)4)50(78)79/h22,28,30-33,35-45,49,51,71-74H,8-21,23-27,29H2,1-7H3,(H,58,75)(H,64,76)(H,78,79)(H3,57,59,62)(H2,60,61,80)(H,63,70,82)(H2,65,66,81)/t32-,33+,35-,36-,37-,38?,39-,40+,41-,42+,43?,44-,45+,49+,51-/m0/s1. The first-order chi connectivity index (χ1) is 41.4. The number of aliphatic imine (C=N–C) groups is 1. The number of carboxylic acid groups (broad SMARTS) is 1. The maximum Gasteiger partial charge on any atom is 0.330 e. The van der Waals surface area contributed by atoms with Crippen LogP contribution in [0.1, 0.15) is 138 Å². The number of unbranched alkanes of at least 4 members (excludes halogenated alkanes) is 10. The zero-order valence-corrected chi connectivity index (χ0v) is 51.0. The lowest BCUT2D eigenvalue weighted by Gasteiger charge is -2.36. The molecular formula is C56H95N13O18. The normalized spacial score (nSPS) is 25.6. The predicted octanol–water partition coefficient (Wildman–Crippen LogP) is -1.24. The monoisotopic (exact) mass is 1240 g/mol. The number of carbonyl (C=O) groups is 7. The number of aliphatic carboxylic acids is 1. The van der Waals surface area contributed by atoms with Gasteiger partial charge in [0, 0.05) is 58.6 Å². The summed E-state index contributed by atoms with van der Waals surface area (Å²) < 4.78 is 25.5. The van der Waals surface area contributed by atoms with Gasteiger partial charge >= 0.3 is 29.8 Å². The number of nitrogens with two attached hydrogens (primary N) is 1. The van der Waals surface area contributed by atoms with Crippen LogP contribution >= 0.6 is 0 Å². The van der Waals surface area contributed by atoms with Gasteiger partial charge in [0.15, 0.2) is 18.5 Å². The van der Waals surface area contributed by atoms with Crippen LogP contribution in [0.5, 0.6) is 0 Å². The molecule has 0 saturated carbocycles. The van der Waals surface area contributed by atoms with Gasteiger partial charge in [-0.15, -0.1) is 0 Å². The van der Waals surface area contributed by atoms with Crippen LogP contribution in [0, 0.1) is 11.8 Å². The van der Waals surface area contributed by atoms with Crippen LogP contribution in [0.2, 0.25) is 0 Å². The lowest BCUT2D eigenvalue weighted by atomic mass is 9.97. The topological polar surface area (TPSA) is 441 Å². The number of urea groups is 3. The minimum absolute atomic E-state index is 0.0453. The Bertz CT molecular complexity index is 2570. The second-order valence-corrected chi connectivity index (χ2v) is 23.2. The number of aliphatic hydroxyl groups is 4. The van der Waals surface area contributed by atoms with Gasteiger partial charge in [0.2, 0.25) is 11.8 Å². The van der Waals surface area contributed by atoms with Crippen LogP contribution in [0.3, 0.4) is 0 Å². The van der Waals surface area contributed by atoms with Gasteiger partial charge < -0.3 is 92.3 Å². The number of methoxy groups -OCH3 is 1. The van der Waals surface area contributed by atoms with Gasteiger partial charge in [-0.05, 0) is 37.5 Å². The number of nitrogens with one attached hydrogen (secondary N) is 8. The molecule has 3 saturated heterocycles. The van der Waals surface area contributed by atoms with E-state index in [-0.39, 0.29) is 51.5 Å². The van der Waals surface area contributed by atoms with Gasteiger partial charge in [0.1, 0.15) is 66.9 Å². The molecule has 0 spiro atoms. The maximum absolute atomic E-state index is 15.1. The highest BCUT2D eigenvalue weighted by Gasteiger charge is 2.59. The number of hydrogen-bond acceptors (Lipinski definition) is 20. The molecule has 492 valence electrons. The van der Waals surface area contributed by atoms with Crippen LogP contribution < -0.4 is 54.2 Å². The zero-order chi connectivity index (χ0) is 64.1. The van der Waals surface area contributed by atoms with Crippen molar-refractivity contribution in [3.8, 4) is 0 Å². The first kappa shape index (κ1) is 71.3. The Morgan fingerprint density at radius 2 is 1.43 bits per heavy atom. The molecule has 31 nitrogen and oxygen atoms in total. The summed E-state index contributed by atoms with van der Waals surface area (Å²) in [5, 5.41) is 74.6. The van der Waals surface area contributed by atoms with Crippen LogP contribution in [-0.2, 0) is 38.1 Å². The number of hydrogen-bond donors (Lipinski definition) is 14. The fourth-order valence-electron chi connectivity index (χ4n) is 10.9. The third kappa shape index (κ3) is 19.8. The van der Waals surface area contributed by atoms with E-state index in [4.69, 9.17) is 24.7 Å². The van der Waals surface area contributed by atoms with Crippen LogP contribution in [0.4, 0.5) is 14.4 Å².